The van der Waals surface area contributed by atoms with Gasteiger partial charge in [-0.1, -0.05) is 6.07 Å². The second-order valence-corrected chi connectivity index (χ2v) is 5.47. The van der Waals surface area contributed by atoms with Gasteiger partial charge in [0.2, 0.25) is 0 Å². The highest BCUT2D eigenvalue weighted by Crippen LogP contribution is 2.21. The summed E-state index contributed by atoms with van der Waals surface area (Å²) >= 11 is 0. The topological polar surface area (TPSA) is 51.7 Å². The second kappa shape index (κ2) is 5.57. The Morgan fingerprint density at radius 3 is 3.05 bits per heavy atom. The van der Waals surface area contributed by atoms with Gasteiger partial charge in [0.1, 0.15) is 11.7 Å². The van der Waals surface area contributed by atoms with Crippen LogP contribution in [0.1, 0.15) is 33.9 Å². The standard InChI is InChI=1S/C14H20N2O3/c1-14(2,3)19-13(17)16-8-9-18-12(10-16)11-6-4-5-7-15-11/h4-7,12H,8-10H2,1-3H3/t12-/m1/s1/i5D. The lowest BCUT2D eigenvalue weighted by molar-refractivity contribution is -0.0447. The summed E-state index contributed by atoms with van der Waals surface area (Å²) in [7, 11) is 0. The monoisotopic (exact) mass is 265 g/mol. The van der Waals surface area contributed by atoms with Crippen molar-refractivity contribution in [1.82, 2.24) is 9.88 Å². The van der Waals surface area contributed by atoms with Gasteiger partial charge in [-0.25, -0.2) is 4.79 Å². The van der Waals surface area contributed by atoms with E-state index in [9.17, 15) is 4.79 Å². The molecule has 1 aliphatic rings. The molecule has 5 heteroatoms. The van der Waals surface area contributed by atoms with Gasteiger partial charge in [-0.2, -0.15) is 0 Å². The van der Waals surface area contributed by atoms with Crippen LogP contribution < -0.4 is 0 Å². The van der Waals surface area contributed by atoms with Crippen molar-refractivity contribution in [2.75, 3.05) is 19.7 Å². The van der Waals surface area contributed by atoms with Crippen LogP contribution >= 0.6 is 0 Å². The molecule has 5 nitrogen and oxygen atoms in total. The maximum absolute atomic E-state index is 12.0. The summed E-state index contributed by atoms with van der Waals surface area (Å²) in [6.45, 7) is 6.92. The molecule has 1 atom stereocenters. The van der Waals surface area contributed by atoms with E-state index in [0.717, 1.165) is 5.69 Å². The Labute approximate surface area is 114 Å². The molecule has 1 aromatic rings. The first kappa shape index (κ1) is 12.4. The molecule has 0 bridgehead atoms. The van der Waals surface area contributed by atoms with Crippen molar-refractivity contribution in [3.63, 3.8) is 0 Å². The molecule has 1 aliphatic heterocycles. The summed E-state index contributed by atoms with van der Waals surface area (Å²) in [6, 6.07) is 3.78. The molecule has 2 heterocycles. The lowest BCUT2D eigenvalue weighted by Gasteiger charge is -2.33. The first-order valence-electron chi connectivity index (χ1n) is 6.87. The molecule has 0 unspecified atom stereocenters. The third-order valence-corrected chi connectivity index (χ3v) is 2.69. The van der Waals surface area contributed by atoms with Crippen molar-refractivity contribution in [3.8, 4) is 0 Å². The number of carbonyl (C=O) groups excluding carboxylic acids is 1. The van der Waals surface area contributed by atoms with Crippen molar-refractivity contribution in [2.45, 2.75) is 32.5 Å². The predicted molar refractivity (Wildman–Crippen MR) is 70.7 cm³/mol. The fraction of sp³-hybridized carbons (Fsp3) is 0.571. The molecule has 104 valence electrons. The number of hydrogen-bond donors (Lipinski definition) is 0. The minimum absolute atomic E-state index is 0.267. The quantitative estimate of drug-likeness (QED) is 0.782. The smallest absolute Gasteiger partial charge is 0.410 e. The summed E-state index contributed by atoms with van der Waals surface area (Å²) in [4.78, 5) is 17.9. The molecule has 0 N–H and O–H groups in total. The minimum Gasteiger partial charge on any atom is -0.444 e. The molecule has 19 heavy (non-hydrogen) atoms. The molecule has 0 radical (unpaired) electrons. The largest absolute Gasteiger partial charge is 0.444 e. The van der Waals surface area contributed by atoms with E-state index in [1.807, 2.05) is 20.8 Å². The highest BCUT2D eigenvalue weighted by molar-refractivity contribution is 5.68. The molecular weight excluding hydrogens is 244 g/mol. The molecule has 1 aromatic heterocycles. The van der Waals surface area contributed by atoms with E-state index < -0.39 is 5.60 Å². The van der Waals surface area contributed by atoms with E-state index in [-0.39, 0.29) is 12.2 Å². The van der Waals surface area contributed by atoms with Crippen LogP contribution in [0.15, 0.2) is 24.4 Å². The third kappa shape index (κ3) is 3.92. The normalized spacial score (nSPS) is 20.9. The Kier molecular flexibility index (Phi) is 3.64. The summed E-state index contributed by atoms with van der Waals surface area (Å²) in [5.74, 6) is 0. The number of nitrogens with zero attached hydrogens (tertiary/aromatic N) is 2. The molecule has 0 saturated carbocycles. The van der Waals surface area contributed by atoms with E-state index in [4.69, 9.17) is 10.8 Å². The molecule has 2 rings (SSSR count). The molecule has 1 fully saturated rings. The van der Waals surface area contributed by atoms with Crippen molar-refractivity contribution >= 4 is 6.09 Å². The number of amides is 1. The van der Waals surface area contributed by atoms with Crippen LogP contribution in [0.3, 0.4) is 0 Å². The maximum Gasteiger partial charge on any atom is 0.410 e. The highest BCUT2D eigenvalue weighted by atomic mass is 16.6. The lowest BCUT2D eigenvalue weighted by atomic mass is 10.2. The Morgan fingerprint density at radius 1 is 1.63 bits per heavy atom. The van der Waals surface area contributed by atoms with Gasteiger partial charge in [0.15, 0.2) is 0 Å². The van der Waals surface area contributed by atoms with E-state index in [2.05, 4.69) is 4.98 Å². The summed E-state index contributed by atoms with van der Waals surface area (Å²) in [5, 5.41) is 0. The third-order valence-electron chi connectivity index (χ3n) is 2.69. The number of aromatic nitrogens is 1. The Morgan fingerprint density at radius 2 is 2.42 bits per heavy atom. The van der Waals surface area contributed by atoms with Crippen LogP contribution in [0.4, 0.5) is 4.79 Å². The molecule has 0 spiro atoms. The van der Waals surface area contributed by atoms with Crippen molar-refractivity contribution in [3.05, 3.63) is 30.1 Å². The minimum atomic E-state index is -0.504. The van der Waals surface area contributed by atoms with Gasteiger partial charge in [-0.3, -0.25) is 4.98 Å². The molecule has 1 amide bonds. The Bertz CT molecular complexity index is 470. The van der Waals surface area contributed by atoms with Crippen LogP contribution in [-0.2, 0) is 9.47 Å². The zero-order valence-corrected chi connectivity index (χ0v) is 11.5. The zero-order chi connectivity index (χ0) is 14.8. The predicted octanol–water partition coefficient (Wildman–Crippen LogP) is 2.39. The average molecular weight is 265 g/mol. The second-order valence-electron chi connectivity index (χ2n) is 5.47. The summed E-state index contributed by atoms with van der Waals surface area (Å²) in [6.07, 6.45) is 0.880. The maximum atomic E-state index is 12.0. The average Bonchev–Trinajstić information content (AvgIpc) is 2.38. The van der Waals surface area contributed by atoms with Crippen LogP contribution in [0.5, 0.6) is 0 Å². The van der Waals surface area contributed by atoms with Gasteiger partial charge in [-0.05, 0) is 32.9 Å². The van der Waals surface area contributed by atoms with Gasteiger partial charge in [0.05, 0.1) is 20.2 Å². The molecule has 1 saturated heterocycles. The van der Waals surface area contributed by atoms with Crippen molar-refractivity contribution < 1.29 is 15.6 Å². The van der Waals surface area contributed by atoms with Crippen LogP contribution in [-0.4, -0.2) is 41.3 Å². The summed E-state index contributed by atoms with van der Waals surface area (Å²) < 4.78 is 18.4. The molecule has 0 aliphatic carbocycles. The fourth-order valence-electron chi connectivity index (χ4n) is 1.84. The van der Waals surface area contributed by atoms with E-state index >= 15 is 0 Å². The van der Waals surface area contributed by atoms with Gasteiger partial charge in [-0.15, -0.1) is 0 Å². The number of ether oxygens (including phenoxy) is 2. The number of hydrogen-bond acceptors (Lipinski definition) is 4. The number of carbonyl (C=O) groups is 1. The number of morpholine rings is 1. The van der Waals surface area contributed by atoms with Crippen LogP contribution in [0.2, 0.25) is 0 Å². The van der Waals surface area contributed by atoms with Crippen molar-refractivity contribution in [2.24, 2.45) is 0 Å². The zero-order valence-electron chi connectivity index (χ0n) is 12.5. The summed E-state index contributed by atoms with van der Waals surface area (Å²) in [5.41, 5.74) is 0.227. The number of rotatable bonds is 1. The Balaban J connectivity index is 2.01. The van der Waals surface area contributed by atoms with Gasteiger partial charge in [0, 0.05) is 12.7 Å². The first-order chi connectivity index (χ1) is 9.35. The van der Waals surface area contributed by atoms with Crippen molar-refractivity contribution in [1.29, 1.82) is 0 Å². The van der Waals surface area contributed by atoms with E-state index in [1.165, 1.54) is 6.20 Å². The van der Waals surface area contributed by atoms with E-state index in [1.54, 1.807) is 17.0 Å². The van der Waals surface area contributed by atoms with E-state index in [0.29, 0.717) is 25.7 Å². The fourth-order valence-corrected chi connectivity index (χ4v) is 1.84. The number of pyridine rings is 1. The Hall–Kier alpha value is -1.62. The van der Waals surface area contributed by atoms with Gasteiger partial charge in [0.25, 0.3) is 0 Å². The lowest BCUT2D eigenvalue weighted by Crippen LogP contribution is -2.44. The van der Waals surface area contributed by atoms with Gasteiger partial charge < -0.3 is 14.4 Å². The molecule has 0 aromatic carbocycles. The first-order valence-corrected chi connectivity index (χ1v) is 6.37. The van der Waals surface area contributed by atoms with Crippen LogP contribution in [0.25, 0.3) is 0 Å². The highest BCUT2D eigenvalue weighted by Gasteiger charge is 2.29. The van der Waals surface area contributed by atoms with Gasteiger partial charge >= 0.3 is 6.09 Å². The molecular formula is C14H20N2O3. The SMILES string of the molecule is [2H]c1ccc([C@H]2CN(C(=O)OC(C)(C)C)CCO2)nc1. The van der Waals surface area contributed by atoms with Crippen LogP contribution in [0, 0.1) is 0 Å².